The Labute approximate surface area is 119 Å². The standard InChI is InChI=1S/C16H32O2.H2O/c1-5-6-7-8-9-10-11-12-13-14-15(17)18-16(2,3)4;/h5-14H2,1-4H3;1H2. The highest BCUT2D eigenvalue weighted by Crippen LogP contribution is 2.13. The Hall–Kier alpha value is -0.570. The fourth-order valence-corrected chi connectivity index (χ4v) is 1.97. The third-order valence-electron chi connectivity index (χ3n) is 2.90. The molecule has 2 N–H and O–H groups in total. The van der Waals surface area contributed by atoms with E-state index in [1.165, 1.54) is 44.9 Å². The van der Waals surface area contributed by atoms with E-state index in [2.05, 4.69) is 6.92 Å². The van der Waals surface area contributed by atoms with Gasteiger partial charge in [-0.15, -0.1) is 0 Å². The molecule has 0 aliphatic heterocycles. The summed E-state index contributed by atoms with van der Waals surface area (Å²) in [5.41, 5.74) is -0.337. The molecule has 19 heavy (non-hydrogen) atoms. The molecule has 0 radical (unpaired) electrons. The van der Waals surface area contributed by atoms with E-state index in [0.717, 1.165) is 12.8 Å². The molecule has 0 spiro atoms. The zero-order valence-corrected chi connectivity index (χ0v) is 13.4. The summed E-state index contributed by atoms with van der Waals surface area (Å²) in [6.07, 6.45) is 12.1. The average Bonchev–Trinajstić information content (AvgIpc) is 2.24. The van der Waals surface area contributed by atoms with Crippen LogP contribution in [0.2, 0.25) is 0 Å². The van der Waals surface area contributed by atoms with Gasteiger partial charge in [0.2, 0.25) is 0 Å². The van der Waals surface area contributed by atoms with Crippen LogP contribution in [0.1, 0.15) is 91.9 Å². The summed E-state index contributed by atoms with van der Waals surface area (Å²) in [5, 5.41) is 0. The number of carbonyl (C=O) groups is 1. The molecule has 0 unspecified atom stereocenters. The number of hydrogen-bond acceptors (Lipinski definition) is 2. The van der Waals surface area contributed by atoms with Crippen LogP contribution in [0.4, 0.5) is 0 Å². The molecule has 0 rings (SSSR count). The first kappa shape index (κ1) is 20.7. The fraction of sp³-hybridized carbons (Fsp3) is 0.938. The fourth-order valence-electron chi connectivity index (χ4n) is 1.97. The van der Waals surface area contributed by atoms with Gasteiger partial charge in [0.05, 0.1) is 0 Å². The van der Waals surface area contributed by atoms with Crippen molar-refractivity contribution >= 4 is 5.97 Å². The predicted octanol–water partition coefficient (Wildman–Crippen LogP) is 4.42. The number of hydrogen-bond donors (Lipinski definition) is 0. The molecule has 0 aromatic heterocycles. The molecule has 3 heteroatoms. The van der Waals surface area contributed by atoms with Gasteiger partial charge in [0.25, 0.3) is 0 Å². The summed E-state index contributed by atoms with van der Waals surface area (Å²) >= 11 is 0. The average molecular weight is 274 g/mol. The summed E-state index contributed by atoms with van der Waals surface area (Å²) < 4.78 is 5.27. The second-order valence-corrected chi connectivity index (χ2v) is 6.16. The zero-order chi connectivity index (χ0) is 13.9. The van der Waals surface area contributed by atoms with E-state index in [1.807, 2.05) is 20.8 Å². The van der Waals surface area contributed by atoms with Crippen molar-refractivity contribution in [2.24, 2.45) is 0 Å². The van der Waals surface area contributed by atoms with Crippen molar-refractivity contribution < 1.29 is 15.0 Å². The molecule has 0 aromatic carbocycles. The molecule has 0 atom stereocenters. The second-order valence-electron chi connectivity index (χ2n) is 6.16. The Balaban J connectivity index is 0. The van der Waals surface area contributed by atoms with Gasteiger partial charge in [0.1, 0.15) is 5.60 Å². The molecule has 0 saturated heterocycles. The van der Waals surface area contributed by atoms with E-state index in [4.69, 9.17) is 4.74 Å². The first-order chi connectivity index (χ1) is 8.45. The van der Waals surface area contributed by atoms with Gasteiger partial charge in [-0.3, -0.25) is 4.79 Å². The Kier molecular flexibility index (Phi) is 13.6. The highest BCUT2D eigenvalue weighted by molar-refractivity contribution is 5.69. The van der Waals surface area contributed by atoms with Gasteiger partial charge in [-0.2, -0.15) is 0 Å². The lowest BCUT2D eigenvalue weighted by Crippen LogP contribution is -2.23. The van der Waals surface area contributed by atoms with Crippen LogP contribution >= 0.6 is 0 Å². The van der Waals surface area contributed by atoms with Crippen molar-refractivity contribution in [3.05, 3.63) is 0 Å². The largest absolute Gasteiger partial charge is 0.460 e. The Morgan fingerprint density at radius 3 is 1.68 bits per heavy atom. The van der Waals surface area contributed by atoms with Crippen molar-refractivity contribution in [1.29, 1.82) is 0 Å². The molecule has 116 valence electrons. The lowest BCUT2D eigenvalue weighted by Gasteiger charge is -2.19. The molecule has 0 aliphatic carbocycles. The van der Waals surface area contributed by atoms with Gasteiger partial charge >= 0.3 is 5.97 Å². The van der Waals surface area contributed by atoms with Gasteiger partial charge in [-0.05, 0) is 27.2 Å². The lowest BCUT2D eigenvalue weighted by molar-refractivity contribution is -0.154. The van der Waals surface area contributed by atoms with Crippen LogP contribution in [-0.4, -0.2) is 17.0 Å². The van der Waals surface area contributed by atoms with Crippen molar-refractivity contribution in [2.45, 2.75) is 97.5 Å². The summed E-state index contributed by atoms with van der Waals surface area (Å²) in [5.74, 6) is -0.0505. The van der Waals surface area contributed by atoms with E-state index >= 15 is 0 Å². The van der Waals surface area contributed by atoms with Gasteiger partial charge in [0, 0.05) is 6.42 Å². The molecule has 3 nitrogen and oxygen atoms in total. The normalized spacial score (nSPS) is 10.9. The first-order valence-corrected chi connectivity index (χ1v) is 7.67. The molecular weight excluding hydrogens is 240 g/mol. The van der Waals surface area contributed by atoms with E-state index in [-0.39, 0.29) is 17.0 Å². The summed E-state index contributed by atoms with van der Waals surface area (Å²) in [6.45, 7) is 8.00. The maximum Gasteiger partial charge on any atom is 0.306 e. The van der Waals surface area contributed by atoms with Crippen molar-refractivity contribution in [3.63, 3.8) is 0 Å². The molecule has 0 heterocycles. The third kappa shape index (κ3) is 17.4. The number of carbonyl (C=O) groups excluding carboxylic acids is 1. The number of rotatable bonds is 10. The van der Waals surface area contributed by atoms with Crippen molar-refractivity contribution in [3.8, 4) is 0 Å². The second kappa shape index (κ2) is 12.5. The maximum absolute atomic E-state index is 11.4. The topological polar surface area (TPSA) is 57.8 Å². The lowest BCUT2D eigenvalue weighted by atomic mass is 10.1. The van der Waals surface area contributed by atoms with Crippen molar-refractivity contribution in [1.82, 2.24) is 0 Å². The smallest absolute Gasteiger partial charge is 0.306 e. The minimum Gasteiger partial charge on any atom is -0.460 e. The Morgan fingerprint density at radius 2 is 1.26 bits per heavy atom. The van der Waals surface area contributed by atoms with Crippen LogP contribution in [0.3, 0.4) is 0 Å². The maximum atomic E-state index is 11.4. The summed E-state index contributed by atoms with van der Waals surface area (Å²) in [6, 6.07) is 0. The molecule has 0 bridgehead atoms. The van der Waals surface area contributed by atoms with Gasteiger partial charge in [0.15, 0.2) is 0 Å². The summed E-state index contributed by atoms with van der Waals surface area (Å²) in [7, 11) is 0. The van der Waals surface area contributed by atoms with Crippen LogP contribution < -0.4 is 0 Å². The van der Waals surface area contributed by atoms with Gasteiger partial charge in [-0.25, -0.2) is 0 Å². The van der Waals surface area contributed by atoms with E-state index in [1.54, 1.807) is 0 Å². The minimum absolute atomic E-state index is 0. The molecule has 0 saturated carbocycles. The molecule has 0 fully saturated rings. The molecular formula is C16H34O3. The van der Waals surface area contributed by atoms with Crippen LogP contribution in [-0.2, 0) is 9.53 Å². The SMILES string of the molecule is CCCCCCCCCCCC(=O)OC(C)(C)C.O. The monoisotopic (exact) mass is 274 g/mol. The van der Waals surface area contributed by atoms with Gasteiger partial charge in [-0.1, -0.05) is 58.3 Å². The molecule has 0 amide bonds. The number of ether oxygens (including phenoxy) is 1. The van der Waals surface area contributed by atoms with Crippen molar-refractivity contribution in [2.75, 3.05) is 0 Å². The summed E-state index contributed by atoms with van der Waals surface area (Å²) in [4.78, 5) is 11.4. The Morgan fingerprint density at radius 1 is 0.842 bits per heavy atom. The Bertz CT molecular complexity index is 207. The third-order valence-corrected chi connectivity index (χ3v) is 2.90. The van der Waals surface area contributed by atoms with E-state index in [9.17, 15) is 4.79 Å². The van der Waals surface area contributed by atoms with Gasteiger partial charge < -0.3 is 10.2 Å². The van der Waals surface area contributed by atoms with Crippen LogP contribution in [0.25, 0.3) is 0 Å². The first-order valence-electron chi connectivity index (χ1n) is 7.67. The van der Waals surface area contributed by atoms with Crippen LogP contribution in [0.5, 0.6) is 0 Å². The van der Waals surface area contributed by atoms with E-state index in [0.29, 0.717) is 6.42 Å². The number of unbranched alkanes of at least 4 members (excludes halogenated alkanes) is 8. The quantitative estimate of drug-likeness (QED) is 0.437. The van der Waals surface area contributed by atoms with Crippen LogP contribution in [0, 0.1) is 0 Å². The highest BCUT2D eigenvalue weighted by atomic mass is 16.6. The number of esters is 1. The molecule has 0 aliphatic rings. The van der Waals surface area contributed by atoms with Crippen LogP contribution in [0.15, 0.2) is 0 Å². The van der Waals surface area contributed by atoms with E-state index < -0.39 is 0 Å². The highest BCUT2D eigenvalue weighted by Gasteiger charge is 2.15. The zero-order valence-electron chi connectivity index (χ0n) is 13.4. The predicted molar refractivity (Wildman–Crippen MR) is 81.3 cm³/mol. The molecule has 0 aromatic rings. The minimum atomic E-state index is -0.337.